The van der Waals surface area contributed by atoms with Crippen molar-refractivity contribution in [1.82, 2.24) is 5.32 Å². The summed E-state index contributed by atoms with van der Waals surface area (Å²) in [5, 5.41) is 12.4. The van der Waals surface area contributed by atoms with Crippen LogP contribution in [0.25, 0.3) is 0 Å². The Morgan fingerprint density at radius 2 is 2.43 bits per heavy atom. The molecule has 0 aromatic heterocycles. The quantitative estimate of drug-likeness (QED) is 0.356. The third kappa shape index (κ3) is 2.41. The van der Waals surface area contributed by atoms with Crippen molar-refractivity contribution in [2.45, 2.75) is 5.91 Å². The molecule has 1 aliphatic heterocycles. The Bertz CT molecular complexity index is 262. The van der Waals surface area contributed by atoms with Crippen molar-refractivity contribution in [3.63, 3.8) is 0 Å². The molecule has 5 nitrogen and oxygen atoms in total. The molecule has 0 aromatic carbocycles. The fourth-order valence-electron chi connectivity index (χ4n) is 1.03. The number of ether oxygens (including phenoxy) is 2. The molecule has 1 heterocycles. The van der Waals surface area contributed by atoms with Crippen LogP contribution in [0.15, 0.2) is 23.9 Å². The lowest BCUT2D eigenvalue weighted by Gasteiger charge is -2.29. The maximum Gasteiger partial charge on any atom is 0.278 e. The average molecular weight is 199 g/mol. The van der Waals surface area contributed by atoms with Crippen LogP contribution in [-0.2, 0) is 14.3 Å². The van der Waals surface area contributed by atoms with Crippen molar-refractivity contribution in [3.05, 3.63) is 23.9 Å². The lowest BCUT2D eigenvalue weighted by molar-refractivity contribution is -0.195. The van der Waals surface area contributed by atoms with Crippen molar-refractivity contribution < 1.29 is 19.4 Å². The van der Waals surface area contributed by atoms with Gasteiger partial charge >= 0.3 is 0 Å². The van der Waals surface area contributed by atoms with Gasteiger partial charge in [-0.25, -0.2) is 0 Å². The maximum absolute atomic E-state index is 10.6. The van der Waals surface area contributed by atoms with E-state index in [9.17, 15) is 9.90 Å². The SMILES string of the molecule is COCCO[C@]1(O)NC=CC=C1C=O. The number of aliphatic hydroxyl groups is 1. The number of hydrogen-bond donors (Lipinski definition) is 2. The van der Waals surface area contributed by atoms with Crippen LogP contribution in [-0.4, -0.2) is 37.6 Å². The van der Waals surface area contributed by atoms with E-state index in [-0.39, 0.29) is 12.2 Å². The molecule has 2 N–H and O–H groups in total. The molecule has 0 saturated heterocycles. The zero-order chi connectivity index (χ0) is 10.4. The van der Waals surface area contributed by atoms with E-state index in [1.165, 1.54) is 19.4 Å². The number of dihydropyridines is 1. The number of aldehydes is 1. The molecular formula is C9H13NO4. The Kier molecular flexibility index (Phi) is 3.82. The van der Waals surface area contributed by atoms with Gasteiger partial charge in [0, 0.05) is 13.3 Å². The first-order valence-corrected chi connectivity index (χ1v) is 4.18. The molecule has 78 valence electrons. The van der Waals surface area contributed by atoms with Gasteiger partial charge in [-0.2, -0.15) is 0 Å². The number of carbonyl (C=O) groups excluding carboxylic acids is 1. The minimum Gasteiger partial charge on any atom is -0.382 e. The highest BCUT2D eigenvalue weighted by Gasteiger charge is 2.32. The zero-order valence-electron chi connectivity index (χ0n) is 7.90. The molecule has 0 aromatic rings. The molecule has 1 atom stereocenters. The number of hydrogen-bond acceptors (Lipinski definition) is 5. The van der Waals surface area contributed by atoms with Gasteiger partial charge in [-0.15, -0.1) is 0 Å². The number of methoxy groups -OCH3 is 1. The first-order chi connectivity index (χ1) is 6.73. The fourth-order valence-corrected chi connectivity index (χ4v) is 1.03. The molecule has 1 rings (SSSR count). The van der Waals surface area contributed by atoms with Gasteiger partial charge in [0.05, 0.1) is 18.8 Å². The van der Waals surface area contributed by atoms with Crippen molar-refractivity contribution in [2.75, 3.05) is 20.3 Å². The molecule has 0 unspecified atom stereocenters. The van der Waals surface area contributed by atoms with Gasteiger partial charge in [0.1, 0.15) is 0 Å². The van der Waals surface area contributed by atoms with Crippen LogP contribution in [0.5, 0.6) is 0 Å². The second kappa shape index (κ2) is 4.90. The monoisotopic (exact) mass is 199 g/mol. The normalized spacial score (nSPS) is 25.4. The molecule has 0 fully saturated rings. The number of carbonyl (C=O) groups is 1. The third-order valence-corrected chi connectivity index (χ3v) is 1.77. The number of rotatable bonds is 5. The van der Waals surface area contributed by atoms with Gasteiger partial charge < -0.3 is 19.9 Å². The molecule has 0 radical (unpaired) electrons. The van der Waals surface area contributed by atoms with E-state index in [1.54, 1.807) is 6.08 Å². The Morgan fingerprint density at radius 1 is 1.64 bits per heavy atom. The van der Waals surface area contributed by atoms with Crippen LogP contribution in [0.3, 0.4) is 0 Å². The van der Waals surface area contributed by atoms with Crippen LogP contribution < -0.4 is 5.32 Å². The summed E-state index contributed by atoms with van der Waals surface area (Å²) in [7, 11) is 1.53. The minimum absolute atomic E-state index is 0.135. The molecule has 0 spiro atoms. The van der Waals surface area contributed by atoms with Crippen molar-refractivity contribution in [1.29, 1.82) is 0 Å². The fraction of sp³-hybridized carbons (Fsp3) is 0.444. The largest absolute Gasteiger partial charge is 0.382 e. The number of nitrogens with one attached hydrogen (secondary N) is 1. The van der Waals surface area contributed by atoms with Crippen molar-refractivity contribution in [2.24, 2.45) is 0 Å². The summed E-state index contributed by atoms with van der Waals surface area (Å²) in [6.45, 7) is 0.541. The highest BCUT2D eigenvalue weighted by atomic mass is 16.6. The first kappa shape index (κ1) is 10.9. The standard InChI is InChI=1S/C9H13NO4/c1-13-5-6-14-9(12)8(7-11)3-2-4-10-9/h2-4,7,10,12H,5-6H2,1H3/t9-/m0/s1. The molecule has 1 aliphatic rings. The summed E-state index contributed by atoms with van der Waals surface area (Å²) in [5.74, 6) is -1.73. The molecular weight excluding hydrogens is 186 g/mol. The smallest absolute Gasteiger partial charge is 0.278 e. The Labute approximate surface area is 82.0 Å². The average Bonchev–Trinajstić information content (AvgIpc) is 2.19. The van der Waals surface area contributed by atoms with Crippen LogP contribution in [0.1, 0.15) is 0 Å². The summed E-state index contributed by atoms with van der Waals surface area (Å²) in [5.41, 5.74) is 0.135. The molecule has 0 aliphatic carbocycles. The summed E-state index contributed by atoms with van der Waals surface area (Å²) >= 11 is 0. The third-order valence-electron chi connectivity index (χ3n) is 1.77. The molecule has 5 heteroatoms. The topological polar surface area (TPSA) is 67.8 Å². The second-order valence-corrected chi connectivity index (χ2v) is 2.73. The highest BCUT2D eigenvalue weighted by Crippen LogP contribution is 2.16. The molecule has 0 bridgehead atoms. The lowest BCUT2D eigenvalue weighted by atomic mass is 10.1. The van der Waals surface area contributed by atoms with E-state index in [1.807, 2.05) is 0 Å². The van der Waals surface area contributed by atoms with E-state index in [0.717, 1.165) is 0 Å². The molecule has 0 amide bonds. The first-order valence-electron chi connectivity index (χ1n) is 4.18. The second-order valence-electron chi connectivity index (χ2n) is 2.73. The highest BCUT2D eigenvalue weighted by molar-refractivity contribution is 5.76. The Balaban J connectivity index is 2.58. The van der Waals surface area contributed by atoms with Gasteiger partial charge in [0.25, 0.3) is 5.91 Å². The van der Waals surface area contributed by atoms with Gasteiger partial charge in [-0.1, -0.05) is 0 Å². The van der Waals surface area contributed by atoms with Crippen LogP contribution in [0.2, 0.25) is 0 Å². The summed E-state index contributed by atoms with van der Waals surface area (Å²) in [4.78, 5) is 10.6. The Morgan fingerprint density at radius 3 is 3.07 bits per heavy atom. The predicted molar refractivity (Wildman–Crippen MR) is 49.2 cm³/mol. The van der Waals surface area contributed by atoms with Crippen molar-refractivity contribution in [3.8, 4) is 0 Å². The predicted octanol–water partition coefficient (Wildman–Crippen LogP) is -0.462. The maximum atomic E-state index is 10.6. The van der Waals surface area contributed by atoms with Gasteiger partial charge in [-0.3, -0.25) is 4.79 Å². The van der Waals surface area contributed by atoms with Gasteiger partial charge in [0.2, 0.25) is 0 Å². The Hall–Kier alpha value is -1.17. The van der Waals surface area contributed by atoms with E-state index in [2.05, 4.69) is 5.32 Å². The van der Waals surface area contributed by atoms with Gasteiger partial charge in [-0.05, 0) is 12.2 Å². The van der Waals surface area contributed by atoms with E-state index >= 15 is 0 Å². The zero-order valence-corrected chi connectivity index (χ0v) is 7.90. The molecule has 14 heavy (non-hydrogen) atoms. The van der Waals surface area contributed by atoms with E-state index in [0.29, 0.717) is 12.9 Å². The van der Waals surface area contributed by atoms with Gasteiger partial charge in [0.15, 0.2) is 6.29 Å². The van der Waals surface area contributed by atoms with Crippen LogP contribution in [0, 0.1) is 0 Å². The summed E-state index contributed by atoms with van der Waals surface area (Å²) in [6.07, 6.45) is 5.14. The van der Waals surface area contributed by atoms with E-state index in [4.69, 9.17) is 9.47 Å². The van der Waals surface area contributed by atoms with E-state index < -0.39 is 5.91 Å². The molecule has 0 saturated carbocycles. The summed E-state index contributed by atoms with van der Waals surface area (Å²) < 4.78 is 9.84. The van der Waals surface area contributed by atoms with Crippen molar-refractivity contribution >= 4 is 6.29 Å². The van der Waals surface area contributed by atoms with Crippen LogP contribution >= 0.6 is 0 Å². The lowest BCUT2D eigenvalue weighted by Crippen LogP contribution is -2.49. The van der Waals surface area contributed by atoms with Crippen LogP contribution in [0.4, 0.5) is 0 Å². The summed E-state index contributed by atoms with van der Waals surface area (Å²) in [6, 6.07) is 0. The minimum atomic E-state index is -1.73. The number of allylic oxidation sites excluding steroid dienone is 2.